The second-order valence-corrected chi connectivity index (χ2v) is 9.07. The van der Waals surface area contributed by atoms with Crippen LogP contribution in [0.4, 0.5) is 0 Å². The molecule has 3 aromatic rings. The molecule has 1 fully saturated rings. The van der Waals surface area contributed by atoms with Crippen molar-refractivity contribution in [2.45, 2.75) is 32.4 Å². The lowest BCUT2D eigenvalue weighted by molar-refractivity contribution is -0.135. The van der Waals surface area contributed by atoms with Crippen LogP contribution in [0.2, 0.25) is 0 Å². The zero-order valence-electron chi connectivity index (χ0n) is 19.0. The van der Waals surface area contributed by atoms with E-state index in [0.29, 0.717) is 25.4 Å². The quantitative estimate of drug-likeness (QED) is 0.571. The minimum atomic E-state index is -0.248. The third-order valence-corrected chi connectivity index (χ3v) is 6.03. The molecule has 1 aromatic heterocycles. The Kier molecular flexibility index (Phi) is 5.72. The minimum Gasteiger partial charge on any atom is -0.483 e. The normalized spacial score (nSPS) is 17.5. The molecule has 0 saturated carbocycles. The number of carbonyl (C=O) groups excluding carboxylic acids is 1. The smallest absolute Gasteiger partial charge is 0.260 e. The van der Waals surface area contributed by atoms with Gasteiger partial charge in [0.2, 0.25) is 0 Å². The number of rotatable bonds is 6. The number of ether oxygens (including phenoxy) is 2. The molecular weight excluding hydrogens is 420 g/mol. The lowest BCUT2D eigenvalue weighted by Gasteiger charge is -2.34. The van der Waals surface area contributed by atoms with Gasteiger partial charge in [-0.2, -0.15) is 4.68 Å². The molecule has 0 spiro atoms. The monoisotopic (exact) mass is 448 g/mol. The predicted octanol–water partition coefficient (Wildman–Crippen LogP) is 2.10. The van der Waals surface area contributed by atoms with Crippen molar-refractivity contribution in [3.05, 3.63) is 59.9 Å². The van der Waals surface area contributed by atoms with Crippen LogP contribution in [0.1, 0.15) is 25.2 Å². The number of hydrogen-bond acceptors (Lipinski definition) is 7. The molecule has 1 amide bonds. The van der Waals surface area contributed by atoms with Gasteiger partial charge >= 0.3 is 0 Å². The third-order valence-electron chi connectivity index (χ3n) is 6.03. The Morgan fingerprint density at radius 2 is 1.85 bits per heavy atom. The molecule has 9 heteroatoms. The van der Waals surface area contributed by atoms with Crippen LogP contribution in [0.25, 0.3) is 5.69 Å². The highest BCUT2D eigenvalue weighted by Gasteiger charge is 2.32. The van der Waals surface area contributed by atoms with Gasteiger partial charge in [-0.3, -0.25) is 9.69 Å². The summed E-state index contributed by atoms with van der Waals surface area (Å²) in [5.74, 6) is 2.16. The molecule has 0 unspecified atom stereocenters. The largest absolute Gasteiger partial charge is 0.483 e. The number of piperazine rings is 1. The van der Waals surface area contributed by atoms with Crippen molar-refractivity contribution in [1.82, 2.24) is 30.0 Å². The Bertz CT molecular complexity index is 1120. The first-order valence-corrected chi connectivity index (χ1v) is 11.2. The molecule has 0 aliphatic carbocycles. The molecule has 0 atom stereocenters. The fourth-order valence-electron chi connectivity index (χ4n) is 4.36. The zero-order chi connectivity index (χ0) is 22.8. The van der Waals surface area contributed by atoms with Gasteiger partial charge in [-0.05, 0) is 42.5 Å². The summed E-state index contributed by atoms with van der Waals surface area (Å²) in [7, 11) is 0. The molecule has 2 aliphatic heterocycles. The van der Waals surface area contributed by atoms with Crippen LogP contribution in [-0.4, -0.2) is 74.3 Å². The topological polar surface area (TPSA) is 85.6 Å². The van der Waals surface area contributed by atoms with E-state index in [2.05, 4.69) is 34.3 Å². The number of carbonyl (C=O) groups is 1. The average molecular weight is 449 g/mol. The maximum Gasteiger partial charge on any atom is 0.260 e. The highest BCUT2D eigenvalue weighted by Crippen LogP contribution is 2.41. The van der Waals surface area contributed by atoms with Gasteiger partial charge in [0.25, 0.3) is 5.91 Å². The SMILES string of the molecule is CC1(C)Cc2cccc(OCC(=O)N3CCN(Cc4nnnn4-c4ccccc4)CC3)c2O1. The molecule has 33 heavy (non-hydrogen) atoms. The van der Waals surface area contributed by atoms with Crippen LogP contribution >= 0.6 is 0 Å². The number of para-hydroxylation sites is 2. The van der Waals surface area contributed by atoms with Gasteiger partial charge in [-0.15, -0.1) is 5.10 Å². The van der Waals surface area contributed by atoms with Crippen molar-refractivity contribution in [2.75, 3.05) is 32.8 Å². The molecule has 0 N–H and O–H groups in total. The summed E-state index contributed by atoms with van der Waals surface area (Å²) in [6.45, 7) is 7.55. The van der Waals surface area contributed by atoms with Crippen molar-refractivity contribution in [3.63, 3.8) is 0 Å². The van der Waals surface area contributed by atoms with Crippen molar-refractivity contribution in [3.8, 4) is 17.2 Å². The Hall–Kier alpha value is -3.46. The van der Waals surface area contributed by atoms with E-state index in [1.807, 2.05) is 53.4 Å². The van der Waals surface area contributed by atoms with E-state index < -0.39 is 0 Å². The van der Waals surface area contributed by atoms with Gasteiger partial charge < -0.3 is 14.4 Å². The van der Waals surface area contributed by atoms with Gasteiger partial charge in [-0.1, -0.05) is 30.3 Å². The summed E-state index contributed by atoms with van der Waals surface area (Å²) in [4.78, 5) is 16.9. The first-order chi connectivity index (χ1) is 16.0. The summed E-state index contributed by atoms with van der Waals surface area (Å²) in [6.07, 6.45) is 0.836. The number of nitrogens with zero attached hydrogens (tertiary/aromatic N) is 6. The highest BCUT2D eigenvalue weighted by atomic mass is 16.5. The van der Waals surface area contributed by atoms with E-state index in [1.165, 1.54) is 0 Å². The van der Waals surface area contributed by atoms with E-state index in [9.17, 15) is 4.79 Å². The van der Waals surface area contributed by atoms with Crippen LogP contribution in [0, 0.1) is 0 Å². The van der Waals surface area contributed by atoms with Crippen LogP contribution in [-0.2, 0) is 17.8 Å². The predicted molar refractivity (Wildman–Crippen MR) is 121 cm³/mol. The summed E-state index contributed by atoms with van der Waals surface area (Å²) in [6, 6.07) is 15.7. The Morgan fingerprint density at radius 3 is 2.64 bits per heavy atom. The highest BCUT2D eigenvalue weighted by molar-refractivity contribution is 5.78. The van der Waals surface area contributed by atoms with Crippen LogP contribution in [0.15, 0.2) is 48.5 Å². The zero-order valence-corrected chi connectivity index (χ0v) is 19.0. The van der Waals surface area contributed by atoms with Crippen LogP contribution < -0.4 is 9.47 Å². The number of fused-ring (bicyclic) bond motifs is 1. The van der Waals surface area contributed by atoms with E-state index in [-0.39, 0.29) is 18.1 Å². The molecule has 9 nitrogen and oxygen atoms in total. The molecule has 3 heterocycles. The molecule has 1 saturated heterocycles. The number of hydrogen-bond donors (Lipinski definition) is 0. The van der Waals surface area contributed by atoms with Crippen molar-refractivity contribution in [2.24, 2.45) is 0 Å². The molecule has 2 aromatic carbocycles. The number of amides is 1. The Balaban J connectivity index is 1.13. The van der Waals surface area contributed by atoms with Gasteiger partial charge in [0.05, 0.1) is 12.2 Å². The summed E-state index contributed by atoms with van der Waals surface area (Å²) < 4.78 is 13.7. The molecule has 2 aliphatic rings. The first kappa shape index (κ1) is 21.4. The number of aromatic nitrogens is 4. The fourth-order valence-corrected chi connectivity index (χ4v) is 4.36. The maximum absolute atomic E-state index is 12.8. The van der Waals surface area contributed by atoms with Crippen LogP contribution in [0.3, 0.4) is 0 Å². The maximum atomic E-state index is 12.8. The second-order valence-electron chi connectivity index (χ2n) is 9.07. The summed E-state index contributed by atoms with van der Waals surface area (Å²) in [5.41, 5.74) is 1.81. The van der Waals surface area contributed by atoms with Gasteiger partial charge in [0, 0.05) is 38.2 Å². The van der Waals surface area contributed by atoms with Gasteiger partial charge in [-0.25, -0.2) is 0 Å². The van der Waals surface area contributed by atoms with Gasteiger partial charge in [0.1, 0.15) is 5.60 Å². The number of tetrazole rings is 1. The summed E-state index contributed by atoms with van der Waals surface area (Å²) >= 11 is 0. The molecule has 0 radical (unpaired) electrons. The molecule has 5 rings (SSSR count). The standard InChI is InChI=1S/C24H28N6O3/c1-24(2)15-18-7-6-10-20(23(18)33-24)32-17-22(31)29-13-11-28(12-14-29)16-21-25-26-27-30(21)19-8-4-3-5-9-19/h3-10H,11-17H2,1-2H3. The minimum absolute atomic E-state index is 0.00644. The third kappa shape index (κ3) is 4.68. The summed E-state index contributed by atoms with van der Waals surface area (Å²) in [5, 5.41) is 12.1. The lowest BCUT2D eigenvalue weighted by atomic mass is 10.0. The van der Waals surface area contributed by atoms with Crippen molar-refractivity contribution in [1.29, 1.82) is 0 Å². The van der Waals surface area contributed by atoms with E-state index in [1.54, 1.807) is 4.68 Å². The van der Waals surface area contributed by atoms with E-state index in [0.717, 1.165) is 42.3 Å². The van der Waals surface area contributed by atoms with E-state index >= 15 is 0 Å². The average Bonchev–Trinajstić information content (AvgIpc) is 3.41. The molecule has 0 bridgehead atoms. The number of benzene rings is 2. The van der Waals surface area contributed by atoms with Crippen molar-refractivity contribution >= 4 is 5.91 Å². The fraction of sp³-hybridized carbons (Fsp3) is 0.417. The Morgan fingerprint density at radius 1 is 1.06 bits per heavy atom. The Labute approximate surface area is 192 Å². The van der Waals surface area contributed by atoms with E-state index in [4.69, 9.17) is 9.47 Å². The second kappa shape index (κ2) is 8.82. The van der Waals surface area contributed by atoms with Gasteiger partial charge in [0.15, 0.2) is 23.9 Å². The molecule has 172 valence electrons. The lowest BCUT2D eigenvalue weighted by Crippen LogP contribution is -2.49. The van der Waals surface area contributed by atoms with Crippen LogP contribution in [0.5, 0.6) is 11.5 Å². The van der Waals surface area contributed by atoms with Crippen molar-refractivity contribution < 1.29 is 14.3 Å². The molecular formula is C24H28N6O3. The first-order valence-electron chi connectivity index (χ1n) is 11.2.